The van der Waals surface area contributed by atoms with Gasteiger partial charge >= 0.3 is 0 Å². The van der Waals surface area contributed by atoms with Crippen molar-refractivity contribution in [1.29, 1.82) is 0 Å². The molecule has 2 aliphatic heterocycles. The lowest BCUT2D eigenvalue weighted by Gasteiger charge is -2.43. The van der Waals surface area contributed by atoms with Gasteiger partial charge in [-0.05, 0) is 0 Å². The highest BCUT2D eigenvalue weighted by molar-refractivity contribution is 6.21. The first-order valence-electron chi connectivity index (χ1n) is 6.92. The number of ether oxygens (including phenoxy) is 3. The van der Waals surface area contributed by atoms with Crippen molar-refractivity contribution in [3.63, 3.8) is 0 Å². The summed E-state index contributed by atoms with van der Waals surface area (Å²) in [6.45, 7) is -0.543. The number of aliphatic hydroxyl groups is 5. The molecule has 2 saturated heterocycles. The fraction of sp³-hybridized carbons (Fsp3) is 1.00. The second-order valence-corrected chi connectivity index (χ2v) is 6.56. The highest BCUT2D eigenvalue weighted by Gasteiger charge is 2.59. The molecular formula is C12H19Cl3O8. The highest BCUT2D eigenvalue weighted by Crippen LogP contribution is 2.37. The van der Waals surface area contributed by atoms with E-state index in [4.69, 9.17) is 49.0 Å². The molecule has 2 heterocycles. The average molecular weight is 398 g/mol. The third-order valence-electron chi connectivity index (χ3n) is 3.97. The van der Waals surface area contributed by atoms with Crippen LogP contribution in [0.2, 0.25) is 0 Å². The van der Waals surface area contributed by atoms with Crippen LogP contribution in [-0.2, 0) is 14.2 Å². The molecule has 5 N–H and O–H groups in total. The summed E-state index contributed by atoms with van der Waals surface area (Å²) in [7, 11) is 0. The van der Waals surface area contributed by atoms with Crippen LogP contribution in [0.4, 0.5) is 0 Å². The molecule has 0 saturated carbocycles. The van der Waals surface area contributed by atoms with E-state index in [9.17, 15) is 25.5 Å². The quantitative estimate of drug-likeness (QED) is 0.275. The predicted molar refractivity (Wildman–Crippen MR) is 79.5 cm³/mol. The molecule has 9 atom stereocenters. The number of aliphatic hydroxyl groups excluding tert-OH is 4. The number of hydrogen-bond acceptors (Lipinski definition) is 8. The van der Waals surface area contributed by atoms with Gasteiger partial charge in [0, 0.05) is 0 Å². The average Bonchev–Trinajstić information content (AvgIpc) is 2.79. The Balaban J connectivity index is 2.18. The summed E-state index contributed by atoms with van der Waals surface area (Å²) in [5, 5.41) is 48.8. The first-order chi connectivity index (χ1) is 10.8. The molecule has 0 aromatic heterocycles. The Kier molecular flexibility index (Phi) is 6.77. The third kappa shape index (κ3) is 3.58. The molecule has 0 aromatic carbocycles. The Labute approximate surface area is 147 Å². The molecule has 8 nitrogen and oxygen atoms in total. The van der Waals surface area contributed by atoms with Gasteiger partial charge in [0.15, 0.2) is 6.29 Å². The van der Waals surface area contributed by atoms with Gasteiger partial charge in [0.25, 0.3) is 0 Å². The Bertz CT molecular complexity index is 399. The van der Waals surface area contributed by atoms with E-state index in [1.54, 1.807) is 0 Å². The Hall–Kier alpha value is 0.550. The fourth-order valence-corrected chi connectivity index (χ4v) is 3.40. The Morgan fingerprint density at radius 1 is 1.00 bits per heavy atom. The van der Waals surface area contributed by atoms with E-state index >= 15 is 0 Å². The largest absolute Gasteiger partial charge is 0.394 e. The van der Waals surface area contributed by atoms with Gasteiger partial charge in [0.1, 0.15) is 36.6 Å². The summed E-state index contributed by atoms with van der Waals surface area (Å²) in [5.41, 5.74) is 0. The van der Waals surface area contributed by atoms with E-state index in [0.717, 1.165) is 0 Å². The maximum Gasteiger partial charge on any atom is 0.225 e. The molecule has 9 unspecified atom stereocenters. The van der Waals surface area contributed by atoms with Crippen LogP contribution in [0.5, 0.6) is 0 Å². The smallest absolute Gasteiger partial charge is 0.225 e. The van der Waals surface area contributed by atoms with Crippen molar-refractivity contribution >= 4 is 34.8 Å². The monoisotopic (exact) mass is 396 g/mol. The van der Waals surface area contributed by atoms with E-state index in [-0.39, 0.29) is 11.8 Å². The molecule has 2 aliphatic rings. The Morgan fingerprint density at radius 2 is 1.65 bits per heavy atom. The molecule has 136 valence electrons. The van der Waals surface area contributed by atoms with Crippen LogP contribution < -0.4 is 0 Å². The zero-order valence-electron chi connectivity index (χ0n) is 11.8. The lowest BCUT2D eigenvalue weighted by Crippen LogP contribution is -2.62. The summed E-state index contributed by atoms with van der Waals surface area (Å²) in [5.74, 6) is -2.67. The molecule has 2 rings (SSSR count). The predicted octanol–water partition coefficient (Wildman–Crippen LogP) is -1.66. The van der Waals surface area contributed by atoms with Crippen LogP contribution >= 0.6 is 34.8 Å². The van der Waals surface area contributed by atoms with Crippen molar-refractivity contribution in [3.05, 3.63) is 0 Å². The van der Waals surface area contributed by atoms with Gasteiger partial charge < -0.3 is 39.7 Å². The molecule has 23 heavy (non-hydrogen) atoms. The SMILES string of the molecule is OCC1OC(OC2(O)C(CCl)OC(CCl)C2O)C(O)C(O)C1Cl. The van der Waals surface area contributed by atoms with Crippen LogP contribution in [0.3, 0.4) is 0 Å². The summed E-state index contributed by atoms with van der Waals surface area (Å²) < 4.78 is 15.8. The van der Waals surface area contributed by atoms with E-state index in [0.29, 0.717) is 0 Å². The second-order valence-electron chi connectivity index (χ2n) is 5.44. The van der Waals surface area contributed by atoms with Crippen molar-refractivity contribution < 1.29 is 39.7 Å². The van der Waals surface area contributed by atoms with Crippen LogP contribution in [0.25, 0.3) is 0 Å². The van der Waals surface area contributed by atoms with Crippen molar-refractivity contribution in [2.75, 3.05) is 18.4 Å². The molecule has 0 radical (unpaired) electrons. The molecule has 0 bridgehead atoms. The van der Waals surface area contributed by atoms with Crippen LogP contribution in [0.15, 0.2) is 0 Å². The van der Waals surface area contributed by atoms with Gasteiger partial charge in [-0.3, -0.25) is 0 Å². The van der Waals surface area contributed by atoms with E-state index in [2.05, 4.69) is 0 Å². The van der Waals surface area contributed by atoms with Gasteiger partial charge in [-0.15, -0.1) is 34.8 Å². The van der Waals surface area contributed by atoms with Crippen LogP contribution in [0, 0.1) is 0 Å². The zero-order valence-corrected chi connectivity index (χ0v) is 14.1. The maximum absolute atomic E-state index is 10.6. The number of alkyl halides is 3. The lowest BCUT2D eigenvalue weighted by atomic mass is 10.0. The minimum atomic E-state index is -2.31. The van der Waals surface area contributed by atoms with Gasteiger partial charge in [-0.1, -0.05) is 0 Å². The zero-order chi connectivity index (χ0) is 17.4. The number of hydrogen-bond donors (Lipinski definition) is 5. The fourth-order valence-electron chi connectivity index (χ4n) is 2.58. The summed E-state index contributed by atoms with van der Waals surface area (Å²) in [6, 6.07) is 0. The van der Waals surface area contributed by atoms with Gasteiger partial charge in [-0.2, -0.15) is 0 Å². The molecule has 0 spiro atoms. The standard InChI is InChI=1S/C12H19Cl3O8/c13-1-4-10(19)12(20,6(2-14)21-4)23-11-9(18)8(17)7(15)5(3-16)22-11/h4-11,16-20H,1-3H2. The number of halogens is 3. The van der Waals surface area contributed by atoms with Gasteiger partial charge in [0.05, 0.1) is 23.7 Å². The lowest BCUT2D eigenvalue weighted by molar-refractivity contribution is -0.366. The first-order valence-corrected chi connectivity index (χ1v) is 8.42. The molecule has 0 amide bonds. The maximum atomic E-state index is 10.6. The van der Waals surface area contributed by atoms with Gasteiger partial charge in [-0.25, -0.2) is 0 Å². The summed E-state index contributed by atoms with van der Waals surface area (Å²) in [4.78, 5) is 0. The third-order valence-corrected chi connectivity index (χ3v) is 5.10. The van der Waals surface area contributed by atoms with Crippen molar-refractivity contribution in [1.82, 2.24) is 0 Å². The van der Waals surface area contributed by atoms with Crippen molar-refractivity contribution in [2.45, 2.75) is 54.1 Å². The summed E-state index contributed by atoms with van der Waals surface area (Å²) in [6.07, 6.45) is -9.35. The Morgan fingerprint density at radius 3 is 2.17 bits per heavy atom. The molecule has 2 fully saturated rings. The van der Waals surface area contributed by atoms with Crippen LogP contribution in [0.1, 0.15) is 0 Å². The van der Waals surface area contributed by atoms with E-state index in [1.165, 1.54) is 0 Å². The first kappa shape index (κ1) is 19.9. The molecule has 0 aromatic rings. The molecular weight excluding hydrogens is 378 g/mol. The minimum absolute atomic E-state index is 0.125. The van der Waals surface area contributed by atoms with Crippen molar-refractivity contribution in [3.8, 4) is 0 Å². The molecule has 0 aliphatic carbocycles. The second kappa shape index (κ2) is 7.84. The van der Waals surface area contributed by atoms with Gasteiger partial charge in [0.2, 0.25) is 5.79 Å². The topological polar surface area (TPSA) is 129 Å². The minimum Gasteiger partial charge on any atom is -0.394 e. The number of rotatable bonds is 5. The van der Waals surface area contributed by atoms with Crippen LogP contribution in [-0.4, -0.2) is 98.0 Å². The summed E-state index contributed by atoms with van der Waals surface area (Å²) >= 11 is 17.2. The van der Waals surface area contributed by atoms with Crippen molar-refractivity contribution in [2.24, 2.45) is 0 Å². The normalized spacial score (nSPS) is 51.1. The van der Waals surface area contributed by atoms with E-state index in [1.807, 2.05) is 0 Å². The molecule has 11 heteroatoms. The highest BCUT2D eigenvalue weighted by atomic mass is 35.5. The van der Waals surface area contributed by atoms with E-state index < -0.39 is 60.7 Å².